The van der Waals surface area contributed by atoms with Crippen LogP contribution in [0.2, 0.25) is 0 Å². The molecule has 0 aliphatic carbocycles. The number of nitrogen functional groups attached to an aromatic ring is 1. The number of anilines is 1. The summed E-state index contributed by atoms with van der Waals surface area (Å²) in [6.07, 6.45) is 0. The molecule has 0 amide bonds. The van der Waals surface area contributed by atoms with Crippen LogP contribution in [-0.2, 0) is 0 Å². The molecule has 0 bridgehead atoms. The fraction of sp³-hybridized carbons (Fsp3) is 0.167. The van der Waals surface area contributed by atoms with Gasteiger partial charge in [-0.3, -0.25) is 0 Å². The van der Waals surface area contributed by atoms with Crippen LogP contribution < -0.4 is 5.73 Å². The molecule has 1 aromatic carbocycles. The maximum atomic E-state index is 5.81. The molecule has 0 saturated heterocycles. The summed E-state index contributed by atoms with van der Waals surface area (Å²) in [5, 5.41) is 0. The highest BCUT2D eigenvalue weighted by Crippen LogP contribution is 2.37. The summed E-state index contributed by atoms with van der Waals surface area (Å²) in [4.78, 5) is 2.63. The van der Waals surface area contributed by atoms with Gasteiger partial charge in [0.1, 0.15) is 0 Å². The first-order valence-corrected chi connectivity index (χ1v) is 6.31. The molecule has 3 heteroatoms. The van der Waals surface area contributed by atoms with E-state index in [0.29, 0.717) is 0 Å². The van der Waals surface area contributed by atoms with Crippen LogP contribution in [0.25, 0.3) is 10.4 Å². The highest BCUT2D eigenvalue weighted by molar-refractivity contribution is 9.10. The van der Waals surface area contributed by atoms with Crippen molar-refractivity contribution in [1.82, 2.24) is 0 Å². The molecule has 1 heterocycles. The summed E-state index contributed by atoms with van der Waals surface area (Å²) < 4.78 is 1.10. The molecule has 78 valence electrons. The van der Waals surface area contributed by atoms with E-state index in [4.69, 9.17) is 5.73 Å². The highest BCUT2D eigenvalue weighted by atomic mass is 79.9. The minimum absolute atomic E-state index is 0.804. The van der Waals surface area contributed by atoms with Gasteiger partial charge in [0.2, 0.25) is 0 Å². The van der Waals surface area contributed by atoms with Gasteiger partial charge in [0.25, 0.3) is 0 Å². The van der Waals surface area contributed by atoms with E-state index in [-0.39, 0.29) is 0 Å². The van der Waals surface area contributed by atoms with Gasteiger partial charge in [-0.1, -0.05) is 15.9 Å². The molecule has 1 aromatic heterocycles. The van der Waals surface area contributed by atoms with E-state index in [1.54, 1.807) is 11.3 Å². The van der Waals surface area contributed by atoms with Gasteiger partial charge in [0.05, 0.1) is 0 Å². The van der Waals surface area contributed by atoms with Crippen LogP contribution in [0, 0.1) is 13.8 Å². The van der Waals surface area contributed by atoms with Crippen molar-refractivity contribution >= 4 is 33.0 Å². The second-order valence-electron chi connectivity index (χ2n) is 3.61. The fourth-order valence-electron chi connectivity index (χ4n) is 1.63. The lowest BCUT2D eigenvalue weighted by molar-refractivity contribution is 1.49. The Balaban J connectivity index is 2.62. The van der Waals surface area contributed by atoms with Crippen LogP contribution in [0.1, 0.15) is 10.4 Å². The number of hydrogen-bond donors (Lipinski definition) is 1. The van der Waals surface area contributed by atoms with Crippen LogP contribution >= 0.6 is 27.3 Å². The molecule has 2 aromatic rings. The maximum absolute atomic E-state index is 5.81. The van der Waals surface area contributed by atoms with Crippen molar-refractivity contribution in [3.63, 3.8) is 0 Å². The molecule has 0 aliphatic rings. The Morgan fingerprint density at radius 3 is 2.53 bits per heavy atom. The highest BCUT2D eigenvalue weighted by Gasteiger charge is 2.09. The number of nitrogens with two attached hydrogens (primary N) is 1. The van der Waals surface area contributed by atoms with Crippen molar-refractivity contribution in [2.75, 3.05) is 5.73 Å². The molecule has 0 spiro atoms. The Kier molecular flexibility index (Phi) is 2.85. The van der Waals surface area contributed by atoms with Crippen LogP contribution in [0.3, 0.4) is 0 Å². The molecule has 0 unspecified atom stereocenters. The minimum atomic E-state index is 0.804. The largest absolute Gasteiger partial charge is 0.399 e. The average molecular weight is 282 g/mol. The van der Waals surface area contributed by atoms with Crippen molar-refractivity contribution in [3.8, 4) is 10.4 Å². The third-order valence-electron chi connectivity index (χ3n) is 2.28. The SMILES string of the molecule is Cc1cc(C)c(-c2cc(N)ccc2Br)s1. The van der Waals surface area contributed by atoms with E-state index in [1.807, 2.05) is 18.2 Å². The molecule has 0 atom stereocenters. The molecule has 0 radical (unpaired) electrons. The molecule has 2 N–H and O–H groups in total. The van der Waals surface area contributed by atoms with E-state index in [0.717, 1.165) is 10.2 Å². The second-order valence-corrected chi connectivity index (χ2v) is 5.72. The monoisotopic (exact) mass is 281 g/mol. The van der Waals surface area contributed by atoms with E-state index in [9.17, 15) is 0 Å². The number of rotatable bonds is 1. The number of benzene rings is 1. The predicted molar refractivity (Wildman–Crippen MR) is 71.3 cm³/mol. The van der Waals surface area contributed by atoms with Crippen LogP contribution in [0.15, 0.2) is 28.7 Å². The Labute approximate surface area is 102 Å². The molecular weight excluding hydrogens is 270 g/mol. The molecule has 2 rings (SSSR count). The van der Waals surface area contributed by atoms with Crippen molar-refractivity contribution in [1.29, 1.82) is 0 Å². The van der Waals surface area contributed by atoms with E-state index >= 15 is 0 Å². The topological polar surface area (TPSA) is 26.0 Å². The lowest BCUT2D eigenvalue weighted by atomic mass is 10.1. The lowest BCUT2D eigenvalue weighted by Gasteiger charge is -2.04. The van der Waals surface area contributed by atoms with E-state index < -0.39 is 0 Å². The number of hydrogen-bond acceptors (Lipinski definition) is 2. The van der Waals surface area contributed by atoms with Gasteiger partial charge in [-0.2, -0.15) is 0 Å². The first-order chi connectivity index (χ1) is 7.08. The summed E-state index contributed by atoms with van der Waals surface area (Å²) >= 11 is 5.37. The zero-order valence-electron chi connectivity index (χ0n) is 8.67. The predicted octanol–water partition coefficient (Wildman–Crippen LogP) is 4.38. The number of aryl methyl sites for hydroxylation is 2. The Morgan fingerprint density at radius 2 is 1.93 bits per heavy atom. The summed E-state index contributed by atoms with van der Waals surface area (Å²) in [6, 6.07) is 8.13. The van der Waals surface area contributed by atoms with Crippen molar-refractivity contribution in [3.05, 3.63) is 39.2 Å². The van der Waals surface area contributed by atoms with Crippen LogP contribution in [0.4, 0.5) is 5.69 Å². The molecule has 15 heavy (non-hydrogen) atoms. The first-order valence-electron chi connectivity index (χ1n) is 4.70. The van der Waals surface area contributed by atoms with Gasteiger partial charge in [-0.25, -0.2) is 0 Å². The Hall–Kier alpha value is -0.800. The maximum Gasteiger partial charge on any atom is 0.0386 e. The van der Waals surface area contributed by atoms with Gasteiger partial charge >= 0.3 is 0 Å². The van der Waals surface area contributed by atoms with Gasteiger partial charge in [-0.15, -0.1) is 11.3 Å². The standard InChI is InChI=1S/C12H12BrNS/c1-7-5-8(2)15-12(7)10-6-9(14)3-4-11(10)13/h3-6H,14H2,1-2H3. The molecule has 0 aliphatic heterocycles. The minimum Gasteiger partial charge on any atom is -0.399 e. The fourth-order valence-corrected chi connectivity index (χ4v) is 3.26. The Bertz CT molecular complexity index is 502. The normalized spacial score (nSPS) is 10.6. The van der Waals surface area contributed by atoms with E-state index in [2.05, 4.69) is 35.8 Å². The quantitative estimate of drug-likeness (QED) is 0.772. The van der Waals surface area contributed by atoms with Crippen molar-refractivity contribution in [2.24, 2.45) is 0 Å². The molecule has 0 saturated carbocycles. The summed E-state index contributed by atoms with van der Waals surface area (Å²) in [7, 11) is 0. The van der Waals surface area contributed by atoms with Gasteiger partial charge in [0.15, 0.2) is 0 Å². The second kappa shape index (κ2) is 3.99. The van der Waals surface area contributed by atoms with Crippen molar-refractivity contribution in [2.45, 2.75) is 13.8 Å². The molecular formula is C12H12BrNS. The molecule has 1 nitrogen and oxygen atoms in total. The number of thiophene rings is 1. The van der Waals surface area contributed by atoms with Gasteiger partial charge < -0.3 is 5.73 Å². The zero-order chi connectivity index (χ0) is 11.0. The molecule has 0 fully saturated rings. The zero-order valence-corrected chi connectivity index (χ0v) is 11.1. The number of halogens is 1. The van der Waals surface area contributed by atoms with E-state index in [1.165, 1.54) is 20.9 Å². The average Bonchev–Trinajstić information content (AvgIpc) is 2.50. The lowest BCUT2D eigenvalue weighted by Crippen LogP contribution is -1.86. The smallest absolute Gasteiger partial charge is 0.0386 e. The van der Waals surface area contributed by atoms with Gasteiger partial charge in [-0.05, 0) is 43.7 Å². The third-order valence-corrected chi connectivity index (χ3v) is 4.15. The van der Waals surface area contributed by atoms with Crippen molar-refractivity contribution < 1.29 is 0 Å². The van der Waals surface area contributed by atoms with Crippen LogP contribution in [0.5, 0.6) is 0 Å². The van der Waals surface area contributed by atoms with Crippen LogP contribution in [-0.4, -0.2) is 0 Å². The summed E-state index contributed by atoms with van der Waals surface area (Å²) in [5.74, 6) is 0. The van der Waals surface area contributed by atoms with Gasteiger partial charge in [0, 0.05) is 25.5 Å². The first kappa shape index (κ1) is 10.7. The summed E-state index contributed by atoms with van der Waals surface area (Å²) in [6.45, 7) is 4.26. The Morgan fingerprint density at radius 1 is 1.20 bits per heavy atom. The summed E-state index contributed by atoms with van der Waals surface area (Å²) in [5.41, 5.74) is 9.10. The third kappa shape index (κ3) is 2.08.